The fourth-order valence-electron chi connectivity index (χ4n) is 4.48. The normalized spacial score (nSPS) is 18.8. The Morgan fingerprint density at radius 1 is 1.07 bits per heavy atom. The fourth-order valence-corrected chi connectivity index (χ4v) is 4.65. The zero-order chi connectivity index (χ0) is 19.6. The summed E-state index contributed by atoms with van der Waals surface area (Å²) in [5.74, 6) is 0.130. The van der Waals surface area contributed by atoms with Crippen molar-refractivity contribution in [3.8, 4) is 0 Å². The fraction of sp³-hybridized carbons (Fsp3) is 0.435. The second-order valence-corrected chi connectivity index (χ2v) is 8.32. The molecule has 28 heavy (non-hydrogen) atoms. The number of nitrogens with zero attached hydrogens (tertiary/aromatic N) is 2. The molecule has 4 nitrogen and oxygen atoms in total. The van der Waals surface area contributed by atoms with Crippen LogP contribution in [0.1, 0.15) is 42.1 Å². The predicted octanol–water partition coefficient (Wildman–Crippen LogP) is 4.65. The van der Waals surface area contributed by atoms with E-state index in [0.717, 1.165) is 63.1 Å². The van der Waals surface area contributed by atoms with Gasteiger partial charge in [0, 0.05) is 44.0 Å². The first kappa shape index (κ1) is 19.3. The van der Waals surface area contributed by atoms with Crippen molar-refractivity contribution in [2.75, 3.05) is 31.5 Å². The SMILES string of the molecule is CCCN1C(=O)c2ccc(Cl)cc2NC12CCN(CCc1ccccc1)CC2. The van der Waals surface area contributed by atoms with Crippen molar-refractivity contribution < 1.29 is 4.79 Å². The molecule has 148 valence electrons. The third-order valence-electron chi connectivity index (χ3n) is 6.03. The predicted molar refractivity (Wildman–Crippen MR) is 115 cm³/mol. The van der Waals surface area contributed by atoms with Crippen LogP contribution in [0, 0.1) is 0 Å². The van der Waals surface area contributed by atoms with Crippen molar-refractivity contribution in [2.24, 2.45) is 0 Å². The zero-order valence-corrected chi connectivity index (χ0v) is 17.2. The molecule has 1 spiro atoms. The van der Waals surface area contributed by atoms with Gasteiger partial charge in [-0.1, -0.05) is 48.9 Å². The molecule has 1 amide bonds. The molecule has 0 aromatic heterocycles. The molecule has 0 bridgehead atoms. The third-order valence-corrected chi connectivity index (χ3v) is 6.27. The minimum absolute atomic E-state index is 0.130. The van der Waals surface area contributed by atoms with Gasteiger partial charge in [-0.05, 0) is 36.6 Å². The molecule has 2 aliphatic heterocycles. The molecule has 0 saturated carbocycles. The van der Waals surface area contributed by atoms with Gasteiger partial charge in [-0.2, -0.15) is 0 Å². The lowest BCUT2D eigenvalue weighted by molar-refractivity contribution is 0.0271. The van der Waals surface area contributed by atoms with Gasteiger partial charge in [0.15, 0.2) is 0 Å². The minimum Gasteiger partial charge on any atom is -0.362 e. The zero-order valence-electron chi connectivity index (χ0n) is 16.5. The Bertz CT molecular complexity index is 831. The van der Waals surface area contributed by atoms with E-state index in [1.54, 1.807) is 6.07 Å². The smallest absolute Gasteiger partial charge is 0.257 e. The van der Waals surface area contributed by atoms with Crippen LogP contribution in [0.15, 0.2) is 48.5 Å². The van der Waals surface area contributed by atoms with Gasteiger partial charge in [0.2, 0.25) is 0 Å². The van der Waals surface area contributed by atoms with Crippen LogP contribution in [-0.2, 0) is 6.42 Å². The van der Waals surface area contributed by atoms with E-state index in [-0.39, 0.29) is 11.6 Å². The number of carbonyl (C=O) groups is 1. The molecule has 1 fully saturated rings. The van der Waals surface area contributed by atoms with Crippen LogP contribution in [0.2, 0.25) is 5.02 Å². The van der Waals surface area contributed by atoms with Crippen LogP contribution >= 0.6 is 11.6 Å². The molecule has 4 rings (SSSR count). The molecule has 2 aromatic rings. The highest BCUT2D eigenvalue weighted by molar-refractivity contribution is 6.31. The van der Waals surface area contributed by atoms with Gasteiger partial charge in [-0.3, -0.25) is 4.79 Å². The van der Waals surface area contributed by atoms with E-state index in [1.807, 2.05) is 12.1 Å². The monoisotopic (exact) mass is 397 g/mol. The van der Waals surface area contributed by atoms with E-state index in [2.05, 4.69) is 52.4 Å². The third kappa shape index (κ3) is 3.76. The summed E-state index contributed by atoms with van der Waals surface area (Å²) in [6.07, 6.45) is 3.88. The molecule has 0 atom stereocenters. The largest absolute Gasteiger partial charge is 0.362 e. The Morgan fingerprint density at radius 2 is 1.82 bits per heavy atom. The Morgan fingerprint density at radius 3 is 2.54 bits per heavy atom. The lowest BCUT2D eigenvalue weighted by Gasteiger charge is -2.52. The highest BCUT2D eigenvalue weighted by atomic mass is 35.5. The Balaban J connectivity index is 1.48. The van der Waals surface area contributed by atoms with E-state index in [0.29, 0.717) is 5.02 Å². The van der Waals surface area contributed by atoms with Gasteiger partial charge in [0.05, 0.1) is 11.3 Å². The second kappa shape index (κ2) is 8.14. The van der Waals surface area contributed by atoms with Crippen molar-refractivity contribution in [2.45, 2.75) is 38.3 Å². The number of hydrogen-bond donors (Lipinski definition) is 1. The summed E-state index contributed by atoms with van der Waals surface area (Å²) in [4.78, 5) is 17.8. The van der Waals surface area contributed by atoms with Crippen LogP contribution < -0.4 is 5.32 Å². The minimum atomic E-state index is -0.298. The number of nitrogens with one attached hydrogen (secondary N) is 1. The first-order valence-corrected chi connectivity index (χ1v) is 10.6. The van der Waals surface area contributed by atoms with E-state index in [1.165, 1.54) is 5.56 Å². The molecule has 2 heterocycles. The molecular weight excluding hydrogens is 370 g/mol. The van der Waals surface area contributed by atoms with E-state index in [4.69, 9.17) is 11.6 Å². The quantitative estimate of drug-likeness (QED) is 0.797. The average molecular weight is 398 g/mol. The molecule has 0 radical (unpaired) electrons. The maximum absolute atomic E-state index is 13.2. The van der Waals surface area contributed by atoms with E-state index in [9.17, 15) is 4.79 Å². The molecule has 1 saturated heterocycles. The Hall–Kier alpha value is -2.04. The molecule has 0 unspecified atom stereocenters. The van der Waals surface area contributed by atoms with Gasteiger partial charge in [-0.25, -0.2) is 0 Å². The van der Waals surface area contributed by atoms with Crippen molar-refractivity contribution in [3.63, 3.8) is 0 Å². The summed E-state index contributed by atoms with van der Waals surface area (Å²) in [5.41, 5.74) is 2.69. The van der Waals surface area contributed by atoms with Crippen LogP contribution in [0.4, 0.5) is 5.69 Å². The standard InChI is InChI=1S/C23H28ClN3O/c1-2-13-27-22(28)20-9-8-19(24)17-21(20)25-23(27)11-15-26(16-12-23)14-10-18-6-4-3-5-7-18/h3-9,17,25H,2,10-16H2,1H3. The summed E-state index contributed by atoms with van der Waals surface area (Å²) >= 11 is 6.20. The topological polar surface area (TPSA) is 35.6 Å². The molecule has 0 aliphatic carbocycles. The summed E-state index contributed by atoms with van der Waals surface area (Å²) in [5, 5.41) is 4.37. The number of piperidine rings is 1. The summed E-state index contributed by atoms with van der Waals surface area (Å²) < 4.78 is 0. The van der Waals surface area contributed by atoms with Crippen LogP contribution in [0.25, 0.3) is 0 Å². The number of amides is 1. The number of anilines is 1. The number of rotatable bonds is 5. The second-order valence-electron chi connectivity index (χ2n) is 7.88. The number of fused-ring (bicyclic) bond motifs is 1. The van der Waals surface area contributed by atoms with Crippen LogP contribution in [0.5, 0.6) is 0 Å². The lowest BCUT2D eigenvalue weighted by atomic mass is 9.89. The van der Waals surface area contributed by atoms with Crippen molar-refractivity contribution in [1.29, 1.82) is 0 Å². The van der Waals surface area contributed by atoms with Gasteiger partial charge in [0.1, 0.15) is 5.66 Å². The average Bonchev–Trinajstić information content (AvgIpc) is 2.71. The first-order chi connectivity index (χ1) is 13.6. The molecule has 2 aliphatic rings. The van der Waals surface area contributed by atoms with Crippen LogP contribution in [-0.4, -0.2) is 47.5 Å². The Kier molecular flexibility index (Phi) is 5.61. The number of hydrogen-bond acceptors (Lipinski definition) is 3. The molecule has 1 N–H and O–H groups in total. The maximum Gasteiger partial charge on any atom is 0.257 e. The lowest BCUT2D eigenvalue weighted by Crippen LogP contribution is -2.64. The van der Waals surface area contributed by atoms with Crippen molar-refractivity contribution in [1.82, 2.24) is 9.80 Å². The van der Waals surface area contributed by atoms with Crippen molar-refractivity contribution >= 4 is 23.2 Å². The van der Waals surface area contributed by atoms with Crippen molar-refractivity contribution in [3.05, 3.63) is 64.7 Å². The number of halogens is 1. The highest BCUT2D eigenvalue weighted by Crippen LogP contribution is 2.38. The summed E-state index contributed by atoms with van der Waals surface area (Å²) in [6, 6.07) is 16.2. The highest BCUT2D eigenvalue weighted by Gasteiger charge is 2.45. The van der Waals surface area contributed by atoms with Gasteiger partial charge < -0.3 is 15.1 Å². The van der Waals surface area contributed by atoms with Gasteiger partial charge in [0.25, 0.3) is 5.91 Å². The number of likely N-dealkylation sites (tertiary alicyclic amines) is 1. The van der Waals surface area contributed by atoms with E-state index >= 15 is 0 Å². The van der Waals surface area contributed by atoms with Gasteiger partial charge >= 0.3 is 0 Å². The number of benzene rings is 2. The maximum atomic E-state index is 13.2. The molecule has 5 heteroatoms. The van der Waals surface area contributed by atoms with Gasteiger partial charge in [-0.15, -0.1) is 0 Å². The number of carbonyl (C=O) groups excluding carboxylic acids is 1. The van der Waals surface area contributed by atoms with Crippen LogP contribution in [0.3, 0.4) is 0 Å². The first-order valence-electron chi connectivity index (χ1n) is 10.3. The summed E-state index contributed by atoms with van der Waals surface area (Å²) in [7, 11) is 0. The molecular formula is C23H28ClN3O. The summed E-state index contributed by atoms with van der Waals surface area (Å²) in [6.45, 7) is 5.95. The molecule has 2 aromatic carbocycles. The Labute approximate surface area is 172 Å². The van der Waals surface area contributed by atoms with E-state index < -0.39 is 0 Å².